The number of rotatable bonds is 8. The molecule has 1 heterocycles. The molecule has 0 spiro atoms. The number of para-hydroxylation sites is 2. The van der Waals surface area contributed by atoms with Crippen LogP contribution in [0.4, 0.5) is 0 Å². The van der Waals surface area contributed by atoms with Crippen molar-refractivity contribution in [1.29, 1.82) is 0 Å². The van der Waals surface area contributed by atoms with Crippen LogP contribution in [0.25, 0.3) is 0 Å². The fraction of sp³-hybridized carbons (Fsp3) is 0.500. The van der Waals surface area contributed by atoms with Gasteiger partial charge < -0.3 is 20.9 Å². The molecule has 0 atom stereocenters. The minimum absolute atomic E-state index is 0.146. The SMILES string of the molecule is CCOc1ccccc1OCCCON1C(N)=NC(N)=NC1(C)C. The Hall–Kier alpha value is -2.48. The number of benzene rings is 1. The summed E-state index contributed by atoms with van der Waals surface area (Å²) in [6, 6.07) is 7.57. The molecule has 1 aromatic carbocycles. The van der Waals surface area contributed by atoms with E-state index in [2.05, 4.69) is 9.98 Å². The fourth-order valence-electron chi connectivity index (χ4n) is 2.26. The zero-order valence-corrected chi connectivity index (χ0v) is 14.4. The zero-order chi connectivity index (χ0) is 17.6. The van der Waals surface area contributed by atoms with E-state index in [-0.39, 0.29) is 11.9 Å². The van der Waals surface area contributed by atoms with Crippen molar-refractivity contribution < 1.29 is 14.3 Å². The normalized spacial score (nSPS) is 16.4. The summed E-state index contributed by atoms with van der Waals surface area (Å²) in [4.78, 5) is 13.8. The molecule has 0 saturated carbocycles. The molecule has 0 saturated heterocycles. The van der Waals surface area contributed by atoms with Crippen LogP contribution in [0.5, 0.6) is 11.5 Å². The number of hydroxylamine groups is 2. The summed E-state index contributed by atoms with van der Waals surface area (Å²) in [5.41, 5.74) is 10.8. The van der Waals surface area contributed by atoms with E-state index in [1.807, 2.05) is 45.0 Å². The maximum absolute atomic E-state index is 5.85. The minimum atomic E-state index is -0.696. The molecule has 24 heavy (non-hydrogen) atoms. The van der Waals surface area contributed by atoms with E-state index in [9.17, 15) is 0 Å². The first-order valence-electron chi connectivity index (χ1n) is 7.91. The van der Waals surface area contributed by atoms with E-state index in [1.54, 1.807) is 0 Å². The quantitative estimate of drug-likeness (QED) is 0.697. The zero-order valence-electron chi connectivity index (χ0n) is 14.4. The summed E-state index contributed by atoms with van der Waals surface area (Å²) in [5.74, 6) is 1.79. The standard InChI is InChI=1S/C16H25N5O3/c1-4-22-12-8-5-6-9-13(12)23-10-7-11-24-21-15(18)19-14(17)20-16(21,2)3/h5-6,8-9H,4,7,10-11H2,1-3H3,(H4,17,18,19,20). The van der Waals surface area contributed by atoms with Gasteiger partial charge in [-0.1, -0.05) is 12.1 Å². The number of nitrogens with two attached hydrogens (primary N) is 2. The van der Waals surface area contributed by atoms with Crippen LogP contribution in [0, 0.1) is 0 Å². The molecule has 8 heteroatoms. The molecule has 0 unspecified atom stereocenters. The Labute approximate surface area is 142 Å². The van der Waals surface area contributed by atoms with Crippen molar-refractivity contribution in [1.82, 2.24) is 5.06 Å². The molecule has 0 radical (unpaired) electrons. The van der Waals surface area contributed by atoms with Gasteiger partial charge in [0.25, 0.3) is 0 Å². The molecule has 4 N–H and O–H groups in total. The number of hydrogen-bond acceptors (Lipinski definition) is 8. The van der Waals surface area contributed by atoms with Crippen molar-refractivity contribution in [3.8, 4) is 11.5 Å². The molecule has 0 bridgehead atoms. The van der Waals surface area contributed by atoms with E-state index < -0.39 is 5.66 Å². The maximum Gasteiger partial charge on any atom is 0.226 e. The van der Waals surface area contributed by atoms with Crippen LogP contribution in [0.15, 0.2) is 34.3 Å². The van der Waals surface area contributed by atoms with Gasteiger partial charge in [0.15, 0.2) is 17.2 Å². The molecule has 1 aliphatic heterocycles. The number of guanidine groups is 2. The highest BCUT2D eigenvalue weighted by Crippen LogP contribution is 2.26. The average molecular weight is 335 g/mol. The molecule has 0 amide bonds. The van der Waals surface area contributed by atoms with Crippen LogP contribution in [-0.4, -0.2) is 42.5 Å². The number of hydrogen-bond donors (Lipinski definition) is 2. The second-order valence-corrected chi connectivity index (χ2v) is 5.64. The van der Waals surface area contributed by atoms with Crippen molar-refractivity contribution in [3.05, 3.63) is 24.3 Å². The first-order chi connectivity index (χ1) is 11.4. The lowest BCUT2D eigenvalue weighted by atomic mass is 10.2. The van der Waals surface area contributed by atoms with E-state index in [4.69, 9.17) is 25.8 Å². The van der Waals surface area contributed by atoms with Crippen molar-refractivity contribution in [2.24, 2.45) is 21.5 Å². The molecular formula is C16H25N5O3. The third-order valence-corrected chi connectivity index (χ3v) is 3.24. The summed E-state index contributed by atoms with van der Waals surface area (Å²) in [6.45, 7) is 7.11. The topological polar surface area (TPSA) is 108 Å². The van der Waals surface area contributed by atoms with Crippen LogP contribution in [0.3, 0.4) is 0 Å². The van der Waals surface area contributed by atoms with Crippen LogP contribution in [0.2, 0.25) is 0 Å². The third kappa shape index (κ3) is 4.51. The Bertz CT molecular complexity index is 615. The Morgan fingerprint density at radius 1 is 1.08 bits per heavy atom. The van der Waals surface area contributed by atoms with Gasteiger partial charge in [-0.3, -0.25) is 4.84 Å². The van der Waals surface area contributed by atoms with E-state index in [1.165, 1.54) is 5.06 Å². The highest BCUT2D eigenvalue weighted by atomic mass is 16.7. The highest BCUT2D eigenvalue weighted by Gasteiger charge is 2.32. The molecule has 132 valence electrons. The fourth-order valence-corrected chi connectivity index (χ4v) is 2.26. The summed E-state index contributed by atoms with van der Waals surface area (Å²) in [7, 11) is 0. The van der Waals surface area contributed by atoms with Crippen LogP contribution in [-0.2, 0) is 4.84 Å². The van der Waals surface area contributed by atoms with Crippen LogP contribution < -0.4 is 20.9 Å². The molecule has 0 aromatic heterocycles. The first-order valence-corrected chi connectivity index (χ1v) is 7.91. The van der Waals surface area contributed by atoms with Gasteiger partial charge in [0.1, 0.15) is 0 Å². The first kappa shape index (κ1) is 17.9. The van der Waals surface area contributed by atoms with Gasteiger partial charge in [0, 0.05) is 6.42 Å². The Morgan fingerprint density at radius 2 is 1.75 bits per heavy atom. The predicted molar refractivity (Wildman–Crippen MR) is 92.8 cm³/mol. The van der Waals surface area contributed by atoms with E-state index in [0.717, 1.165) is 11.5 Å². The monoisotopic (exact) mass is 335 g/mol. The Morgan fingerprint density at radius 3 is 2.38 bits per heavy atom. The van der Waals surface area contributed by atoms with E-state index in [0.29, 0.717) is 26.2 Å². The van der Waals surface area contributed by atoms with Crippen molar-refractivity contribution in [2.75, 3.05) is 19.8 Å². The highest BCUT2D eigenvalue weighted by molar-refractivity contribution is 5.95. The molecule has 1 aliphatic rings. The summed E-state index contributed by atoms with van der Waals surface area (Å²) in [5, 5.41) is 1.46. The lowest BCUT2D eigenvalue weighted by molar-refractivity contribution is -0.158. The number of nitrogens with zero attached hydrogens (tertiary/aromatic N) is 3. The number of ether oxygens (including phenoxy) is 2. The molecule has 1 aromatic rings. The van der Waals surface area contributed by atoms with Crippen LogP contribution >= 0.6 is 0 Å². The van der Waals surface area contributed by atoms with Gasteiger partial charge in [-0.25, -0.2) is 4.99 Å². The van der Waals surface area contributed by atoms with Gasteiger partial charge in [-0.2, -0.15) is 10.1 Å². The second kappa shape index (κ2) is 7.87. The van der Waals surface area contributed by atoms with Crippen molar-refractivity contribution in [2.45, 2.75) is 32.9 Å². The van der Waals surface area contributed by atoms with Crippen molar-refractivity contribution >= 4 is 11.9 Å². The second-order valence-electron chi connectivity index (χ2n) is 5.64. The average Bonchev–Trinajstić information content (AvgIpc) is 2.50. The molecule has 2 rings (SSSR count). The Balaban J connectivity index is 1.79. The molecule has 0 aliphatic carbocycles. The van der Waals surface area contributed by atoms with E-state index >= 15 is 0 Å². The molecule has 0 fully saturated rings. The number of aliphatic imine (C=N–C) groups is 2. The van der Waals surface area contributed by atoms with Gasteiger partial charge in [-0.05, 0) is 32.9 Å². The van der Waals surface area contributed by atoms with Gasteiger partial charge in [0.2, 0.25) is 11.9 Å². The lowest BCUT2D eigenvalue weighted by Crippen LogP contribution is -2.53. The summed E-state index contributed by atoms with van der Waals surface area (Å²) < 4.78 is 11.3. The predicted octanol–water partition coefficient (Wildman–Crippen LogP) is 1.47. The third-order valence-electron chi connectivity index (χ3n) is 3.24. The Kier molecular flexibility index (Phi) is 5.86. The minimum Gasteiger partial charge on any atom is -0.490 e. The van der Waals surface area contributed by atoms with Gasteiger partial charge in [-0.15, -0.1) is 0 Å². The largest absolute Gasteiger partial charge is 0.490 e. The van der Waals surface area contributed by atoms with Crippen LogP contribution in [0.1, 0.15) is 27.2 Å². The van der Waals surface area contributed by atoms with Crippen molar-refractivity contribution in [3.63, 3.8) is 0 Å². The maximum atomic E-state index is 5.85. The molecular weight excluding hydrogens is 310 g/mol. The molecule has 8 nitrogen and oxygen atoms in total. The summed E-state index contributed by atoms with van der Waals surface area (Å²) in [6.07, 6.45) is 0.666. The summed E-state index contributed by atoms with van der Waals surface area (Å²) >= 11 is 0. The van der Waals surface area contributed by atoms with Gasteiger partial charge in [0.05, 0.1) is 19.8 Å². The smallest absolute Gasteiger partial charge is 0.226 e. The lowest BCUT2D eigenvalue weighted by Gasteiger charge is -2.36. The van der Waals surface area contributed by atoms with Gasteiger partial charge >= 0.3 is 0 Å².